The number of nitro groups is 1. The van der Waals surface area contributed by atoms with Crippen LogP contribution in [0.15, 0.2) is 65.5 Å². The number of aromatic nitrogens is 2. The number of anilines is 1. The molecule has 0 bridgehead atoms. The van der Waals surface area contributed by atoms with Gasteiger partial charge < -0.3 is 14.5 Å². The minimum Gasteiger partial charge on any atom is -0.383 e. The molecule has 0 atom stereocenters. The van der Waals surface area contributed by atoms with Gasteiger partial charge in [-0.3, -0.25) is 24.4 Å². The Bertz CT molecular complexity index is 1630. The molecule has 0 saturated carbocycles. The molecule has 0 unspecified atom stereocenters. The van der Waals surface area contributed by atoms with Gasteiger partial charge in [0.2, 0.25) is 5.52 Å². The number of hydrogen-bond acceptors (Lipinski definition) is 7. The van der Waals surface area contributed by atoms with Gasteiger partial charge in [-0.1, -0.05) is 30.8 Å². The van der Waals surface area contributed by atoms with Crippen molar-refractivity contribution in [1.82, 2.24) is 14.5 Å². The molecule has 5 rings (SSSR count). The molecule has 3 heterocycles. The highest BCUT2D eigenvalue weighted by Gasteiger charge is 2.35. The topological polar surface area (TPSA) is 98.1 Å². The number of hydrogen-bond donors (Lipinski definition) is 0. The number of fused-ring (bicyclic) bond motifs is 1. The number of piperazine rings is 1. The van der Waals surface area contributed by atoms with Crippen molar-refractivity contribution < 1.29 is 18.4 Å². The Morgan fingerprint density at radius 2 is 1.59 bits per heavy atom. The summed E-state index contributed by atoms with van der Waals surface area (Å²) in [5.41, 5.74) is 0.893. The van der Waals surface area contributed by atoms with Gasteiger partial charge in [0.1, 0.15) is 11.6 Å². The van der Waals surface area contributed by atoms with Crippen molar-refractivity contribution >= 4 is 28.2 Å². The molecule has 12 heteroatoms. The third-order valence-corrected chi connectivity index (χ3v) is 7.23. The summed E-state index contributed by atoms with van der Waals surface area (Å²) >= 11 is 0. The Balaban J connectivity index is 1.55. The Morgan fingerprint density at radius 1 is 1.00 bits per heavy atom. The molecule has 1 aliphatic rings. The molecule has 210 valence electrons. The molecule has 1 aliphatic heterocycles. The molecule has 1 fully saturated rings. The summed E-state index contributed by atoms with van der Waals surface area (Å²) in [6.07, 6.45) is 0. The van der Waals surface area contributed by atoms with Crippen LogP contribution in [0.1, 0.15) is 17.2 Å². The average molecular weight is 561 g/mol. The largest absolute Gasteiger partial charge is 0.383 e. The molecule has 10 nitrogen and oxygen atoms in total. The number of pyridine rings is 2. The zero-order valence-electron chi connectivity index (χ0n) is 22.2. The Hall–Kier alpha value is -4.73. The van der Waals surface area contributed by atoms with Gasteiger partial charge in [0.25, 0.3) is 5.82 Å². The van der Waals surface area contributed by atoms with E-state index in [2.05, 4.69) is 14.7 Å². The maximum absolute atomic E-state index is 13.7. The first kappa shape index (κ1) is 27.8. The molecule has 0 aliphatic carbocycles. The molecule has 0 radical (unpaired) electrons. The molecular weight excluding hydrogens is 534 g/mol. The van der Waals surface area contributed by atoms with Crippen LogP contribution in [0.4, 0.5) is 26.0 Å². The number of nitrogens with zero attached hydrogens (tertiary/aromatic N) is 6. The van der Waals surface area contributed by atoms with Gasteiger partial charge in [-0.05, 0) is 47.5 Å². The fourth-order valence-electron chi connectivity index (χ4n) is 5.32. The van der Waals surface area contributed by atoms with Crippen LogP contribution in [0, 0.1) is 28.3 Å². The van der Waals surface area contributed by atoms with Gasteiger partial charge in [-0.2, -0.15) is 0 Å². The van der Waals surface area contributed by atoms with Gasteiger partial charge in [0, 0.05) is 33.3 Å². The second kappa shape index (κ2) is 11.8. The first-order valence-corrected chi connectivity index (χ1v) is 12.9. The van der Waals surface area contributed by atoms with Crippen LogP contribution in [0.2, 0.25) is 0 Å². The van der Waals surface area contributed by atoms with E-state index in [1.54, 1.807) is 35.2 Å². The first-order chi connectivity index (χ1) is 19.8. The number of rotatable bonds is 8. The molecule has 2 aromatic carbocycles. The molecule has 1 saturated heterocycles. The van der Waals surface area contributed by atoms with Crippen LogP contribution in [0.25, 0.3) is 15.9 Å². The lowest BCUT2D eigenvalue weighted by atomic mass is 9.96. The smallest absolute Gasteiger partial charge is 0.361 e. The minimum absolute atomic E-state index is 0.0521. The second-order valence-corrected chi connectivity index (χ2v) is 9.58. The van der Waals surface area contributed by atoms with E-state index in [9.17, 15) is 23.7 Å². The number of methoxy groups -OCH3 is 1. The quantitative estimate of drug-likeness (QED) is 0.175. The summed E-state index contributed by atoms with van der Waals surface area (Å²) in [6, 6.07) is 15.0. The third kappa shape index (κ3) is 5.50. The monoisotopic (exact) mass is 560 g/mol. The highest BCUT2D eigenvalue weighted by molar-refractivity contribution is 5.94. The summed E-state index contributed by atoms with van der Waals surface area (Å²) < 4.78 is 33.8. The number of benzene rings is 2. The van der Waals surface area contributed by atoms with Crippen LogP contribution in [-0.2, 0) is 11.3 Å². The van der Waals surface area contributed by atoms with Crippen molar-refractivity contribution in [2.24, 2.45) is 0 Å². The molecule has 0 N–H and O–H groups in total. The van der Waals surface area contributed by atoms with E-state index in [0.29, 0.717) is 31.7 Å². The fourth-order valence-corrected chi connectivity index (χ4v) is 5.32. The first-order valence-electron chi connectivity index (χ1n) is 12.9. The SMILES string of the molecule is [C-]#[N+]c1ccc2c(n1)c(N1CCN(C(c3ccc(F)cc3)c3ccc(F)cc3)CC1)c([N+](=O)[O-])c(=O)n2CCOC. The standard InChI is InChI=1S/C29H26F2N6O4/c1-32-24-12-11-23-25(33-24)27(28(37(39)40)29(38)36(23)17-18-41-2)35-15-13-34(14-16-35)26(19-3-7-21(30)8-4-19)20-5-9-22(31)10-6-20/h3-12,26H,13-18H2,2H3. The zero-order chi connectivity index (χ0) is 29.1. The van der Waals surface area contributed by atoms with Gasteiger partial charge in [-0.25, -0.2) is 8.78 Å². The minimum atomic E-state index is -0.773. The van der Waals surface area contributed by atoms with Crippen LogP contribution in [0.5, 0.6) is 0 Å². The van der Waals surface area contributed by atoms with E-state index in [1.807, 2.05) is 0 Å². The van der Waals surface area contributed by atoms with Crippen molar-refractivity contribution in [3.63, 3.8) is 0 Å². The van der Waals surface area contributed by atoms with Gasteiger partial charge in [-0.15, -0.1) is 4.98 Å². The van der Waals surface area contributed by atoms with E-state index < -0.39 is 16.2 Å². The van der Waals surface area contributed by atoms with Gasteiger partial charge in [0.05, 0.1) is 29.6 Å². The number of halogens is 2. The van der Waals surface area contributed by atoms with Crippen LogP contribution >= 0.6 is 0 Å². The molecule has 41 heavy (non-hydrogen) atoms. The highest BCUT2D eigenvalue weighted by atomic mass is 19.1. The van der Waals surface area contributed by atoms with Crippen molar-refractivity contribution in [3.05, 3.63) is 115 Å². The number of ether oxygens (including phenoxy) is 1. The summed E-state index contributed by atoms with van der Waals surface area (Å²) in [5.74, 6) is -0.694. The lowest BCUT2D eigenvalue weighted by Gasteiger charge is -2.40. The summed E-state index contributed by atoms with van der Waals surface area (Å²) in [5, 5.41) is 12.3. The van der Waals surface area contributed by atoms with Crippen molar-refractivity contribution in [1.29, 1.82) is 0 Å². The Morgan fingerprint density at radius 3 is 2.10 bits per heavy atom. The van der Waals surface area contributed by atoms with Crippen LogP contribution in [-0.4, -0.2) is 59.3 Å². The van der Waals surface area contributed by atoms with E-state index in [0.717, 1.165) is 11.1 Å². The highest BCUT2D eigenvalue weighted by Crippen LogP contribution is 2.36. The predicted octanol–water partition coefficient (Wildman–Crippen LogP) is 4.69. The van der Waals surface area contributed by atoms with Crippen molar-refractivity contribution in [2.75, 3.05) is 44.8 Å². The van der Waals surface area contributed by atoms with E-state index in [1.165, 1.54) is 42.0 Å². The predicted molar refractivity (Wildman–Crippen MR) is 149 cm³/mol. The van der Waals surface area contributed by atoms with E-state index in [-0.39, 0.29) is 47.8 Å². The van der Waals surface area contributed by atoms with E-state index >= 15 is 0 Å². The maximum atomic E-state index is 13.7. The van der Waals surface area contributed by atoms with Gasteiger partial charge >= 0.3 is 11.2 Å². The van der Waals surface area contributed by atoms with Gasteiger partial charge in [0.15, 0.2) is 5.69 Å². The summed E-state index contributed by atoms with van der Waals surface area (Å²) in [6.45, 7) is 9.11. The molecule has 0 amide bonds. The molecule has 0 spiro atoms. The second-order valence-electron chi connectivity index (χ2n) is 9.58. The van der Waals surface area contributed by atoms with E-state index in [4.69, 9.17) is 11.3 Å². The molecule has 4 aromatic rings. The van der Waals surface area contributed by atoms with Crippen LogP contribution in [0.3, 0.4) is 0 Å². The lowest BCUT2D eigenvalue weighted by molar-refractivity contribution is -0.385. The summed E-state index contributed by atoms with van der Waals surface area (Å²) in [4.78, 5) is 36.7. The average Bonchev–Trinajstić information content (AvgIpc) is 2.98. The Labute approximate surface area is 234 Å². The van der Waals surface area contributed by atoms with Crippen molar-refractivity contribution in [3.8, 4) is 0 Å². The normalized spacial score (nSPS) is 14.0. The molecule has 2 aromatic heterocycles. The fraction of sp³-hybridized carbons (Fsp3) is 0.276. The third-order valence-electron chi connectivity index (χ3n) is 7.23. The lowest BCUT2D eigenvalue weighted by Crippen LogP contribution is -2.48. The maximum Gasteiger partial charge on any atom is 0.361 e. The molecular formula is C29H26F2N6O4. The van der Waals surface area contributed by atoms with Crippen molar-refractivity contribution in [2.45, 2.75) is 12.6 Å². The van der Waals surface area contributed by atoms with Crippen LogP contribution < -0.4 is 10.5 Å². The zero-order valence-corrected chi connectivity index (χ0v) is 22.2. The summed E-state index contributed by atoms with van der Waals surface area (Å²) in [7, 11) is 1.47. The Kier molecular flexibility index (Phi) is 8.00.